The molecule has 19 heavy (non-hydrogen) atoms. The lowest BCUT2D eigenvalue weighted by atomic mass is 10.2. The Balaban J connectivity index is 2.23. The van der Waals surface area contributed by atoms with Gasteiger partial charge >= 0.3 is 6.03 Å². The van der Waals surface area contributed by atoms with Gasteiger partial charge in [0.25, 0.3) is 0 Å². The van der Waals surface area contributed by atoms with Gasteiger partial charge in [-0.05, 0) is 30.3 Å². The first-order chi connectivity index (χ1) is 9.06. The SMILES string of the molecule is NC(=O)N/N=C\c1ccc(-c2cc(Cl)ccc2Cl)o1. The Labute approximate surface area is 119 Å². The Morgan fingerprint density at radius 1 is 1.32 bits per heavy atom. The lowest BCUT2D eigenvalue weighted by molar-refractivity contribution is 0.249. The molecule has 0 unspecified atom stereocenters. The molecule has 0 aliphatic rings. The molecular weight excluding hydrogens is 289 g/mol. The van der Waals surface area contributed by atoms with E-state index in [-0.39, 0.29) is 0 Å². The van der Waals surface area contributed by atoms with E-state index in [1.54, 1.807) is 30.3 Å². The summed E-state index contributed by atoms with van der Waals surface area (Å²) in [6.07, 6.45) is 1.33. The highest BCUT2D eigenvalue weighted by molar-refractivity contribution is 6.35. The van der Waals surface area contributed by atoms with Gasteiger partial charge in [-0.15, -0.1) is 0 Å². The van der Waals surface area contributed by atoms with E-state index in [0.717, 1.165) is 0 Å². The molecule has 2 aromatic rings. The maximum atomic E-state index is 10.4. The largest absolute Gasteiger partial charge is 0.455 e. The summed E-state index contributed by atoms with van der Waals surface area (Å²) in [5.41, 5.74) is 7.60. The Morgan fingerprint density at radius 3 is 2.84 bits per heavy atom. The van der Waals surface area contributed by atoms with Crippen LogP contribution in [0.4, 0.5) is 4.79 Å². The number of rotatable bonds is 3. The third-order valence-corrected chi connectivity index (χ3v) is 2.75. The van der Waals surface area contributed by atoms with Gasteiger partial charge in [0.2, 0.25) is 0 Å². The van der Waals surface area contributed by atoms with E-state index in [1.165, 1.54) is 6.21 Å². The summed E-state index contributed by atoms with van der Waals surface area (Å²) in [6.45, 7) is 0. The highest BCUT2D eigenvalue weighted by atomic mass is 35.5. The second kappa shape index (κ2) is 5.77. The number of primary amides is 1. The zero-order valence-electron chi connectivity index (χ0n) is 9.56. The van der Waals surface area contributed by atoms with Gasteiger partial charge in [0.05, 0.1) is 11.2 Å². The van der Waals surface area contributed by atoms with E-state index in [9.17, 15) is 4.79 Å². The number of hydrogen-bond donors (Lipinski definition) is 2. The Bertz CT molecular complexity index is 638. The molecule has 2 rings (SSSR count). The maximum Gasteiger partial charge on any atom is 0.332 e. The van der Waals surface area contributed by atoms with Gasteiger partial charge in [0, 0.05) is 10.6 Å². The summed E-state index contributed by atoms with van der Waals surface area (Å²) in [6, 6.07) is 7.73. The van der Waals surface area contributed by atoms with Gasteiger partial charge in [-0.1, -0.05) is 23.2 Å². The van der Waals surface area contributed by atoms with Crippen LogP contribution in [0, 0.1) is 0 Å². The number of amides is 2. The van der Waals surface area contributed by atoms with Crippen molar-refractivity contribution in [3.05, 3.63) is 46.1 Å². The molecule has 0 aliphatic heterocycles. The molecule has 0 saturated carbocycles. The van der Waals surface area contributed by atoms with Crippen LogP contribution in [0.1, 0.15) is 5.76 Å². The molecule has 0 fully saturated rings. The third-order valence-electron chi connectivity index (χ3n) is 2.19. The summed E-state index contributed by atoms with van der Waals surface area (Å²) in [5, 5.41) is 4.67. The number of hydrogen-bond acceptors (Lipinski definition) is 3. The topological polar surface area (TPSA) is 80.6 Å². The molecule has 7 heteroatoms. The molecule has 1 aromatic heterocycles. The number of carbonyl (C=O) groups is 1. The van der Waals surface area contributed by atoms with Crippen molar-refractivity contribution in [3.63, 3.8) is 0 Å². The van der Waals surface area contributed by atoms with Crippen molar-refractivity contribution in [1.82, 2.24) is 5.43 Å². The van der Waals surface area contributed by atoms with Crippen LogP contribution in [0.15, 0.2) is 39.9 Å². The number of urea groups is 1. The average molecular weight is 298 g/mol. The zero-order valence-corrected chi connectivity index (χ0v) is 11.1. The van der Waals surface area contributed by atoms with E-state index in [0.29, 0.717) is 27.1 Å². The number of halogens is 2. The fourth-order valence-electron chi connectivity index (χ4n) is 1.41. The fraction of sp³-hybridized carbons (Fsp3) is 0. The van der Waals surface area contributed by atoms with Crippen LogP contribution in [-0.2, 0) is 0 Å². The number of carbonyl (C=O) groups excluding carboxylic acids is 1. The van der Waals surface area contributed by atoms with Gasteiger partial charge in [-0.25, -0.2) is 10.2 Å². The molecule has 98 valence electrons. The van der Waals surface area contributed by atoms with Gasteiger partial charge in [0.15, 0.2) is 0 Å². The summed E-state index contributed by atoms with van der Waals surface area (Å²) in [4.78, 5) is 10.4. The Morgan fingerprint density at radius 2 is 2.11 bits per heavy atom. The molecule has 3 N–H and O–H groups in total. The van der Waals surface area contributed by atoms with Crippen molar-refractivity contribution in [3.8, 4) is 11.3 Å². The molecule has 0 atom stereocenters. The molecule has 0 spiro atoms. The summed E-state index contributed by atoms with van der Waals surface area (Å²) >= 11 is 12.0. The highest BCUT2D eigenvalue weighted by Gasteiger charge is 2.08. The quantitative estimate of drug-likeness (QED) is 0.673. The minimum absolute atomic E-state index is 0.444. The first-order valence-corrected chi connectivity index (χ1v) is 5.95. The van der Waals surface area contributed by atoms with Crippen LogP contribution in [0.25, 0.3) is 11.3 Å². The first-order valence-electron chi connectivity index (χ1n) is 5.20. The number of hydrazone groups is 1. The third kappa shape index (κ3) is 3.49. The van der Waals surface area contributed by atoms with Crippen LogP contribution < -0.4 is 11.2 Å². The molecule has 0 bridgehead atoms. The lowest BCUT2D eigenvalue weighted by Crippen LogP contribution is -2.24. The van der Waals surface area contributed by atoms with Crippen LogP contribution in [0.2, 0.25) is 10.0 Å². The number of nitrogens with zero attached hydrogens (tertiary/aromatic N) is 1. The van der Waals surface area contributed by atoms with Gasteiger partial charge in [-0.2, -0.15) is 5.10 Å². The number of benzene rings is 1. The van der Waals surface area contributed by atoms with E-state index in [4.69, 9.17) is 33.4 Å². The molecule has 1 aromatic carbocycles. The number of nitrogens with two attached hydrogens (primary N) is 1. The normalized spacial score (nSPS) is 10.8. The summed E-state index contributed by atoms with van der Waals surface area (Å²) in [7, 11) is 0. The molecule has 0 saturated heterocycles. The van der Waals surface area contributed by atoms with Crippen molar-refractivity contribution >= 4 is 35.4 Å². The van der Waals surface area contributed by atoms with E-state index < -0.39 is 6.03 Å². The molecular formula is C12H9Cl2N3O2. The summed E-state index contributed by atoms with van der Waals surface area (Å²) in [5.74, 6) is 0.993. The fourth-order valence-corrected chi connectivity index (χ4v) is 1.80. The Kier molecular flexibility index (Phi) is 4.09. The second-order valence-corrected chi connectivity index (χ2v) is 4.40. The second-order valence-electron chi connectivity index (χ2n) is 3.56. The minimum Gasteiger partial charge on any atom is -0.455 e. The molecule has 1 heterocycles. The monoisotopic (exact) mass is 297 g/mol. The van der Waals surface area contributed by atoms with Crippen molar-refractivity contribution in [2.75, 3.05) is 0 Å². The number of nitrogens with one attached hydrogen (secondary N) is 1. The minimum atomic E-state index is -0.749. The van der Waals surface area contributed by atoms with Crippen molar-refractivity contribution < 1.29 is 9.21 Å². The van der Waals surface area contributed by atoms with Gasteiger partial charge < -0.3 is 10.2 Å². The smallest absolute Gasteiger partial charge is 0.332 e. The molecule has 5 nitrogen and oxygen atoms in total. The lowest BCUT2D eigenvalue weighted by Gasteiger charge is -2.00. The van der Waals surface area contributed by atoms with Crippen molar-refractivity contribution in [2.45, 2.75) is 0 Å². The number of furan rings is 1. The summed E-state index contributed by atoms with van der Waals surface area (Å²) < 4.78 is 5.50. The van der Waals surface area contributed by atoms with E-state index in [2.05, 4.69) is 10.5 Å². The van der Waals surface area contributed by atoms with Gasteiger partial charge in [-0.3, -0.25) is 0 Å². The van der Waals surface area contributed by atoms with E-state index in [1.807, 2.05) is 0 Å². The van der Waals surface area contributed by atoms with Crippen LogP contribution in [0.5, 0.6) is 0 Å². The zero-order chi connectivity index (χ0) is 13.8. The van der Waals surface area contributed by atoms with Crippen LogP contribution >= 0.6 is 23.2 Å². The van der Waals surface area contributed by atoms with Crippen LogP contribution in [-0.4, -0.2) is 12.2 Å². The average Bonchev–Trinajstić information content (AvgIpc) is 2.80. The van der Waals surface area contributed by atoms with Crippen molar-refractivity contribution in [2.24, 2.45) is 10.8 Å². The van der Waals surface area contributed by atoms with Crippen molar-refractivity contribution in [1.29, 1.82) is 0 Å². The predicted molar refractivity (Wildman–Crippen MR) is 74.5 cm³/mol. The first kappa shape index (κ1) is 13.5. The standard InChI is InChI=1S/C12H9Cl2N3O2/c13-7-1-3-10(14)9(5-7)11-4-2-8(19-11)6-16-17-12(15)18/h1-6H,(H3,15,17,18)/b16-6-. The maximum absolute atomic E-state index is 10.4. The van der Waals surface area contributed by atoms with Crippen LogP contribution in [0.3, 0.4) is 0 Å². The molecule has 2 amide bonds. The van der Waals surface area contributed by atoms with Gasteiger partial charge in [0.1, 0.15) is 11.5 Å². The Hall–Kier alpha value is -1.98. The highest BCUT2D eigenvalue weighted by Crippen LogP contribution is 2.31. The predicted octanol–water partition coefficient (Wildman–Crippen LogP) is 3.26. The van der Waals surface area contributed by atoms with E-state index >= 15 is 0 Å². The molecule has 0 radical (unpaired) electrons. The molecule has 0 aliphatic carbocycles.